The third-order valence-corrected chi connectivity index (χ3v) is 2.45. The minimum Gasteiger partial charge on any atom is -0.466 e. The van der Waals surface area contributed by atoms with Gasteiger partial charge in [0.1, 0.15) is 0 Å². The average Bonchev–Trinajstić information content (AvgIpc) is 2.14. The van der Waals surface area contributed by atoms with Crippen molar-refractivity contribution in [1.29, 1.82) is 0 Å². The first-order valence-corrected chi connectivity index (χ1v) is 4.88. The van der Waals surface area contributed by atoms with Crippen molar-refractivity contribution in [2.24, 2.45) is 5.41 Å². The molecule has 0 aromatic heterocycles. The second-order valence-electron chi connectivity index (χ2n) is 3.46. The summed E-state index contributed by atoms with van der Waals surface area (Å²) < 4.78 is 5.02. The molecule has 0 aliphatic heterocycles. The second-order valence-corrected chi connectivity index (χ2v) is 3.46. The zero-order chi connectivity index (χ0) is 10.3. The third kappa shape index (κ3) is 3.62. The molecule has 2 heteroatoms. The maximum Gasteiger partial charge on any atom is 0.311 e. The minimum absolute atomic E-state index is 0.0839. The van der Waals surface area contributed by atoms with E-state index in [4.69, 9.17) is 4.74 Å². The summed E-state index contributed by atoms with van der Waals surface area (Å²) in [6.45, 7) is 9.91. The van der Waals surface area contributed by atoms with Crippen LogP contribution in [-0.2, 0) is 9.53 Å². The van der Waals surface area contributed by atoms with Gasteiger partial charge in [-0.2, -0.15) is 0 Å². The van der Waals surface area contributed by atoms with Gasteiger partial charge in [-0.1, -0.05) is 13.0 Å². The van der Waals surface area contributed by atoms with Crippen LogP contribution in [0.3, 0.4) is 0 Å². The predicted molar refractivity (Wildman–Crippen MR) is 54.5 cm³/mol. The van der Waals surface area contributed by atoms with E-state index >= 15 is 0 Å². The molecule has 13 heavy (non-hydrogen) atoms. The molecule has 0 N–H and O–H groups in total. The lowest BCUT2D eigenvalue weighted by molar-refractivity contribution is -0.155. The number of carbonyl (C=O) groups is 1. The Balaban J connectivity index is 4.23. The summed E-state index contributed by atoms with van der Waals surface area (Å²) in [5, 5.41) is 0. The van der Waals surface area contributed by atoms with E-state index in [2.05, 4.69) is 6.58 Å². The molecule has 0 aliphatic carbocycles. The number of hydrogen-bond donors (Lipinski definition) is 0. The van der Waals surface area contributed by atoms with Crippen molar-refractivity contribution in [3.63, 3.8) is 0 Å². The fourth-order valence-electron chi connectivity index (χ4n) is 1.15. The standard InChI is InChI=1S/C11H20O2/c1-5-8-9-11(4,6-2)10(12)13-7-3/h5H,1,6-9H2,2-4H3. The Bertz CT molecular complexity index is 175. The molecular weight excluding hydrogens is 164 g/mol. The first kappa shape index (κ1) is 12.2. The number of hydrogen-bond acceptors (Lipinski definition) is 2. The van der Waals surface area contributed by atoms with E-state index in [-0.39, 0.29) is 11.4 Å². The number of rotatable bonds is 6. The van der Waals surface area contributed by atoms with Gasteiger partial charge >= 0.3 is 5.97 Å². The molecule has 0 rings (SSSR count). The van der Waals surface area contributed by atoms with E-state index in [1.165, 1.54) is 0 Å². The van der Waals surface area contributed by atoms with Crippen molar-refractivity contribution in [2.75, 3.05) is 6.61 Å². The van der Waals surface area contributed by atoms with E-state index in [0.717, 1.165) is 19.3 Å². The van der Waals surface area contributed by atoms with Gasteiger partial charge in [-0.05, 0) is 33.1 Å². The molecule has 0 spiro atoms. The summed E-state index contributed by atoms with van der Waals surface area (Å²) in [6.07, 6.45) is 4.35. The Kier molecular flexibility index (Phi) is 5.44. The van der Waals surface area contributed by atoms with E-state index < -0.39 is 0 Å². The van der Waals surface area contributed by atoms with Gasteiger partial charge in [0.05, 0.1) is 12.0 Å². The normalized spacial score (nSPS) is 14.7. The minimum atomic E-state index is -0.329. The van der Waals surface area contributed by atoms with Crippen LogP contribution in [0, 0.1) is 5.41 Å². The molecule has 0 fully saturated rings. The number of ether oxygens (including phenoxy) is 1. The fourth-order valence-corrected chi connectivity index (χ4v) is 1.15. The van der Waals surface area contributed by atoms with E-state index in [0.29, 0.717) is 6.61 Å². The molecule has 0 saturated heterocycles. The molecule has 0 amide bonds. The zero-order valence-corrected chi connectivity index (χ0v) is 8.93. The first-order chi connectivity index (χ1) is 6.10. The van der Waals surface area contributed by atoms with Crippen LogP contribution >= 0.6 is 0 Å². The summed E-state index contributed by atoms with van der Waals surface area (Å²) in [4.78, 5) is 11.5. The van der Waals surface area contributed by atoms with Gasteiger partial charge in [0.15, 0.2) is 0 Å². The highest BCUT2D eigenvalue weighted by Crippen LogP contribution is 2.29. The molecule has 0 saturated carbocycles. The molecule has 0 radical (unpaired) electrons. The summed E-state index contributed by atoms with van der Waals surface area (Å²) >= 11 is 0. The number of carbonyl (C=O) groups excluding carboxylic acids is 1. The Hall–Kier alpha value is -0.790. The number of esters is 1. The maximum absolute atomic E-state index is 11.5. The van der Waals surface area contributed by atoms with Crippen molar-refractivity contribution in [3.05, 3.63) is 12.7 Å². The van der Waals surface area contributed by atoms with Gasteiger partial charge < -0.3 is 4.74 Å². The van der Waals surface area contributed by atoms with Crippen LogP contribution in [0.2, 0.25) is 0 Å². The van der Waals surface area contributed by atoms with Crippen LogP contribution in [0.25, 0.3) is 0 Å². The summed E-state index contributed by atoms with van der Waals surface area (Å²) in [7, 11) is 0. The first-order valence-electron chi connectivity index (χ1n) is 4.88. The molecule has 0 aromatic rings. The Morgan fingerprint density at radius 1 is 1.54 bits per heavy atom. The topological polar surface area (TPSA) is 26.3 Å². The lowest BCUT2D eigenvalue weighted by Crippen LogP contribution is -2.29. The van der Waals surface area contributed by atoms with Crippen LogP contribution in [-0.4, -0.2) is 12.6 Å². The lowest BCUT2D eigenvalue weighted by atomic mass is 9.83. The Labute approximate surface area is 81.0 Å². The van der Waals surface area contributed by atoms with Crippen molar-refractivity contribution < 1.29 is 9.53 Å². The highest BCUT2D eigenvalue weighted by atomic mass is 16.5. The van der Waals surface area contributed by atoms with Crippen molar-refractivity contribution in [1.82, 2.24) is 0 Å². The molecule has 1 atom stereocenters. The van der Waals surface area contributed by atoms with E-state index in [9.17, 15) is 4.79 Å². The summed E-state index contributed by atoms with van der Waals surface area (Å²) in [6, 6.07) is 0. The van der Waals surface area contributed by atoms with Gasteiger partial charge in [-0.15, -0.1) is 6.58 Å². The van der Waals surface area contributed by atoms with Crippen molar-refractivity contribution >= 4 is 5.97 Å². The van der Waals surface area contributed by atoms with Crippen LogP contribution < -0.4 is 0 Å². The second kappa shape index (κ2) is 5.79. The van der Waals surface area contributed by atoms with E-state index in [1.807, 2.05) is 26.8 Å². The maximum atomic E-state index is 11.5. The highest BCUT2D eigenvalue weighted by molar-refractivity contribution is 5.76. The summed E-state index contributed by atoms with van der Waals surface area (Å²) in [5.41, 5.74) is -0.329. The molecular formula is C11H20O2. The molecule has 0 bridgehead atoms. The zero-order valence-electron chi connectivity index (χ0n) is 8.93. The number of allylic oxidation sites excluding steroid dienone is 1. The lowest BCUT2D eigenvalue weighted by Gasteiger charge is -2.24. The smallest absolute Gasteiger partial charge is 0.311 e. The van der Waals surface area contributed by atoms with Crippen LogP contribution in [0.1, 0.15) is 40.0 Å². The van der Waals surface area contributed by atoms with Gasteiger partial charge in [0.2, 0.25) is 0 Å². The van der Waals surface area contributed by atoms with E-state index in [1.54, 1.807) is 0 Å². The van der Waals surface area contributed by atoms with Crippen LogP contribution in [0.5, 0.6) is 0 Å². The molecule has 1 unspecified atom stereocenters. The predicted octanol–water partition coefficient (Wildman–Crippen LogP) is 2.93. The Morgan fingerprint density at radius 3 is 2.54 bits per heavy atom. The quantitative estimate of drug-likeness (QED) is 0.468. The van der Waals surface area contributed by atoms with Gasteiger partial charge in [-0.25, -0.2) is 0 Å². The molecule has 76 valence electrons. The fraction of sp³-hybridized carbons (Fsp3) is 0.727. The van der Waals surface area contributed by atoms with Crippen LogP contribution in [0.4, 0.5) is 0 Å². The van der Waals surface area contributed by atoms with Crippen molar-refractivity contribution in [2.45, 2.75) is 40.0 Å². The molecule has 0 aromatic carbocycles. The van der Waals surface area contributed by atoms with Crippen LogP contribution in [0.15, 0.2) is 12.7 Å². The monoisotopic (exact) mass is 184 g/mol. The highest BCUT2D eigenvalue weighted by Gasteiger charge is 2.31. The summed E-state index contributed by atoms with van der Waals surface area (Å²) in [5.74, 6) is -0.0839. The van der Waals surface area contributed by atoms with Gasteiger partial charge in [0, 0.05) is 0 Å². The van der Waals surface area contributed by atoms with Gasteiger partial charge in [-0.3, -0.25) is 4.79 Å². The molecule has 0 heterocycles. The Morgan fingerprint density at radius 2 is 2.15 bits per heavy atom. The van der Waals surface area contributed by atoms with Crippen molar-refractivity contribution in [3.8, 4) is 0 Å². The average molecular weight is 184 g/mol. The SMILES string of the molecule is C=CCCC(C)(CC)C(=O)OCC. The molecule has 0 aliphatic rings. The largest absolute Gasteiger partial charge is 0.466 e. The molecule has 2 nitrogen and oxygen atoms in total. The van der Waals surface area contributed by atoms with Gasteiger partial charge in [0.25, 0.3) is 0 Å². The third-order valence-electron chi connectivity index (χ3n) is 2.45.